The highest BCUT2D eigenvalue weighted by Gasteiger charge is 2.41. The van der Waals surface area contributed by atoms with E-state index in [9.17, 15) is 4.79 Å². The Hall–Kier alpha value is -2.57. The molecule has 194 valence electrons. The van der Waals surface area contributed by atoms with Gasteiger partial charge >= 0.3 is 6.09 Å². The van der Waals surface area contributed by atoms with Gasteiger partial charge in [-0.05, 0) is 75.4 Å². The van der Waals surface area contributed by atoms with Crippen molar-refractivity contribution in [3.63, 3.8) is 0 Å². The number of alkyl carbamates (subject to hydrolysis) is 1. The summed E-state index contributed by atoms with van der Waals surface area (Å²) in [7, 11) is 0. The first-order valence-electron chi connectivity index (χ1n) is 13.3. The zero-order valence-corrected chi connectivity index (χ0v) is 22.3. The Labute approximate surface area is 215 Å². The molecule has 2 bridgehead atoms. The van der Waals surface area contributed by atoms with Crippen molar-refractivity contribution in [2.45, 2.75) is 71.8 Å². The number of fused-ring (bicyclic) bond motifs is 4. The van der Waals surface area contributed by atoms with Gasteiger partial charge < -0.3 is 19.5 Å². The van der Waals surface area contributed by atoms with Gasteiger partial charge in [0, 0.05) is 17.5 Å². The number of nitrogens with zero attached hydrogens (tertiary/aromatic N) is 1. The summed E-state index contributed by atoms with van der Waals surface area (Å²) in [5.74, 6) is 1.31. The third kappa shape index (κ3) is 5.55. The molecule has 6 rings (SSSR count). The van der Waals surface area contributed by atoms with Crippen molar-refractivity contribution in [1.29, 1.82) is 0 Å². The topological polar surface area (TPSA) is 60.0 Å². The van der Waals surface area contributed by atoms with Crippen LogP contribution in [0.2, 0.25) is 0 Å². The molecule has 0 radical (unpaired) electrons. The zero-order chi connectivity index (χ0) is 25.5. The molecule has 4 heterocycles. The van der Waals surface area contributed by atoms with Crippen molar-refractivity contribution in [3.05, 3.63) is 53.6 Å². The Morgan fingerprint density at radius 3 is 2.42 bits per heavy atom. The van der Waals surface area contributed by atoms with Crippen LogP contribution in [0.5, 0.6) is 5.75 Å². The van der Waals surface area contributed by atoms with Gasteiger partial charge in [0.2, 0.25) is 0 Å². The fraction of sp³-hybridized carbons (Fsp3) is 0.567. The van der Waals surface area contributed by atoms with E-state index in [1.54, 1.807) is 0 Å². The molecule has 0 spiro atoms. The lowest BCUT2D eigenvalue weighted by atomic mass is 9.78. The van der Waals surface area contributed by atoms with E-state index >= 15 is 0 Å². The van der Waals surface area contributed by atoms with Crippen molar-refractivity contribution in [2.24, 2.45) is 11.3 Å². The molecule has 1 N–H and O–H groups in total. The van der Waals surface area contributed by atoms with Crippen molar-refractivity contribution >= 4 is 6.09 Å². The number of amides is 1. The maximum atomic E-state index is 13.0. The Bertz CT molecular complexity index is 1080. The van der Waals surface area contributed by atoms with Crippen LogP contribution in [0, 0.1) is 11.3 Å². The molecule has 0 aromatic heterocycles. The van der Waals surface area contributed by atoms with E-state index in [4.69, 9.17) is 14.2 Å². The van der Waals surface area contributed by atoms with E-state index in [1.807, 2.05) is 0 Å². The van der Waals surface area contributed by atoms with Crippen LogP contribution in [-0.4, -0.2) is 48.9 Å². The second-order valence-electron chi connectivity index (χ2n) is 12.3. The number of hydrogen-bond acceptors (Lipinski definition) is 5. The predicted molar refractivity (Wildman–Crippen MR) is 141 cm³/mol. The second kappa shape index (κ2) is 9.71. The molecule has 4 aliphatic rings. The van der Waals surface area contributed by atoms with Crippen LogP contribution >= 0.6 is 0 Å². The van der Waals surface area contributed by atoms with Gasteiger partial charge in [0.1, 0.15) is 11.9 Å². The normalized spacial score (nSPS) is 26.6. The van der Waals surface area contributed by atoms with Gasteiger partial charge in [-0.25, -0.2) is 4.79 Å². The SMILES string of the molecule is CC(C)(C)OCc1ccc(-c2ccc3c(c2)OCC(C)(C)C3NC(=O)O[C@H]2CN3CCC2CC3)cc1. The summed E-state index contributed by atoms with van der Waals surface area (Å²) < 4.78 is 18.0. The summed E-state index contributed by atoms with van der Waals surface area (Å²) in [6.45, 7) is 14.7. The Balaban J connectivity index is 1.29. The molecule has 1 amide bonds. The second-order valence-corrected chi connectivity index (χ2v) is 12.3. The number of rotatable bonds is 5. The number of carbonyl (C=O) groups is 1. The molecular weight excluding hydrogens is 452 g/mol. The van der Waals surface area contributed by atoms with Crippen LogP contribution in [0.15, 0.2) is 42.5 Å². The van der Waals surface area contributed by atoms with Crippen LogP contribution < -0.4 is 10.1 Å². The molecule has 3 saturated heterocycles. The molecule has 2 aromatic carbocycles. The van der Waals surface area contributed by atoms with Crippen LogP contribution in [0.4, 0.5) is 4.79 Å². The van der Waals surface area contributed by atoms with E-state index in [0.717, 1.165) is 60.5 Å². The largest absolute Gasteiger partial charge is 0.493 e. The molecule has 6 nitrogen and oxygen atoms in total. The van der Waals surface area contributed by atoms with Crippen molar-refractivity contribution in [2.75, 3.05) is 26.2 Å². The first kappa shape index (κ1) is 25.1. The lowest BCUT2D eigenvalue weighted by Gasteiger charge is -2.44. The third-order valence-electron chi connectivity index (χ3n) is 7.78. The van der Waals surface area contributed by atoms with Gasteiger partial charge in [0.25, 0.3) is 0 Å². The lowest BCUT2D eigenvalue weighted by Crippen LogP contribution is -2.53. The smallest absolute Gasteiger partial charge is 0.407 e. The van der Waals surface area contributed by atoms with Gasteiger partial charge in [-0.1, -0.05) is 50.2 Å². The quantitative estimate of drug-likeness (QED) is 0.559. The monoisotopic (exact) mass is 492 g/mol. The summed E-state index contributed by atoms with van der Waals surface area (Å²) in [4.78, 5) is 15.4. The summed E-state index contributed by atoms with van der Waals surface area (Å²) in [5.41, 5.74) is 3.94. The standard InChI is InChI=1S/C30H40N2O4/c1-29(2,3)35-18-20-6-8-21(9-7-20)23-10-11-24-25(16-23)34-19-30(4,5)27(24)31-28(33)36-26-17-32-14-12-22(26)13-15-32/h6-11,16,22,26-27H,12-15,17-19H2,1-5H3,(H,31,33)/t26-,27?/m0/s1. The lowest BCUT2D eigenvalue weighted by molar-refractivity contribution is -0.0361. The fourth-order valence-electron chi connectivity index (χ4n) is 5.55. The first-order valence-corrected chi connectivity index (χ1v) is 13.3. The van der Waals surface area contributed by atoms with Crippen molar-refractivity contribution in [3.8, 4) is 16.9 Å². The maximum Gasteiger partial charge on any atom is 0.407 e. The summed E-state index contributed by atoms with van der Waals surface area (Å²) in [5, 5.41) is 3.19. The van der Waals surface area contributed by atoms with Gasteiger partial charge in [-0.15, -0.1) is 0 Å². The summed E-state index contributed by atoms with van der Waals surface area (Å²) in [6.07, 6.45) is 1.92. The van der Waals surface area contributed by atoms with E-state index in [0.29, 0.717) is 19.1 Å². The van der Waals surface area contributed by atoms with Crippen LogP contribution in [0.25, 0.3) is 11.1 Å². The number of piperidine rings is 3. The van der Waals surface area contributed by atoms with Crippen LogP contribution in [0.3, 0.4) is 0 Å². The average molecular weight is 493 g/mol. The number of hydrogen-bond donors (Lipinski definition) is 1. The Kier molecular flexibility index (Phi) is 6.77. The molecule has 6 heteroatoms. The number of benzene rings is 2. The van der Waals surface area contributed by atoms with E-state index in [-0.39, 0.29) is 29.3 Å². The molecule has 4 aliphatic heterocycles. The molecular formula is C30H40N2O4. The van der Waals surface area contributed by atoms with Gasteiger partial charge in [0.15, 0.2) is 0 Å². The molecule has 0 saturated carbocycles. The summed E-state index contributed by atoms with van der Waals surface area (Å²) in [6, 6.07) is 14.6. The highest BCUT2D eigenvalue weighted by atomic mass is 16.6. The van der Waals surface area contributed by atoms with Crippen molar-refractivity contribution in [1.82, 2.24) is 10.2 Å². The number of carbonyl (C=O) groups excluding carboxylic acids is 1. The maximum absolute atomic E-state index is 13.0. The van der Waals surface area contributed by atoms with Gasteiger partial charge in [-0.3, -0.25) is 4.90 Å². The van der Waals surface area contributed by atoms with E-state index in [2.05, 4.69) is 87.3 Å². The molecule has 1 unspecified atom stereocenters. The summed E-state index contributed by atoms with van der Waals surface area (Å²) >= 11 is 0. The zero-order valence-electron chi connectivity index (χ0n) is 22.3. The van der Waals surface area contributed by atoms with Gasteiger partial charge in [0.05, 0.1) is 24.9 Å². The van der Waals surface area contributed by atoms with Crippen molar-refractivity contribution < 1.29 is 19.0 Å². The Morgan fingerprint density at radius 2 is 1.78 bits per heavy atom. The number of ether oxygens (including phenoxy) is 3. The molecule has 36 heavy (non-hydrogen) atoms. The number of nitrogens with one attached hydrogen (secondary N) is 1. The van der Waals surface area contributed by atoms with Crippen LogP contribution in [0.1, 0.15) is 64.6 Å². The highest BCUT2D eigenvalue weighted by Crippen LogP contribution is 2.44. The minimum atomic E-state index is -0.322. The fourth-order valence-corrected chi connectivity index (χ4v) is 5.55. The molecule has 3 fully saturated rings. The average Bonchev–Trinajstić information content (AvgIpc) is 2.85. The van der Waals surface area contributed by atoms with Crippen LogP contribution in [-0.2, 0) is 16.1 Å². The van der Waals surface area contributed by atoms with E-state index in [1.165, 1.54) is 0 Å². The minimum Gasteiger partial charge on any atom is -0.493 e. The first-order chi connectivity index (χ1) is 17.1. The molecule has 0 aliphatic carbocycles. The Morgan fingerprint density at radius 1 is 1.08 bits per heavy atom. The third-order valence-corrected chi connectivity index (χ3v) is 7.78. The predicted octanol–water partition coefficient (Wildman–Crippen LogP) is 5.95. The molecule has 2 aromatic rings. The minimum absolute atomic E-state index is 0.00549. The van der Waals surface area contributed by atoms with E-state index < -0.39 is 0 Å². The van der Waals surface area contributed by atoms with Gasteiger partial charge in [-0.2, -0.15) is 0 Å². The molecule has 2 atom stereocenters. The highest BCUT2D eigenvalue weighted by molar-refractivity contribution is 5.70.